The Morgan fingerprint density at radius 1 is 0.918 bits per heavy atom. The third kappa shape index (κ3) is 6.83. The van der Waals surface area contributed by atoms with Crippen LogP contribution in [0.1, 0.15) is 30.4 Å². The summed E-state index contributed by atoms with van der Waals surface area (Å²) in [5.74, 6) is -1.75. The average molecular weight is 655 g/mol. The van der Waals surface area contributed by atoms with Crippen molar-refractivity contribution in [1.29, 1.82) is 0 Å². The molecule has 0 bridgehead atoms. The molecule has 1 aliphatic carbocycles. The van der Waals surface area contributed by atoms with Gasteiger partial charge in [0, 0.05) is 18.5 Å². The van der Waals surface area contributed by atoms with Crippen molar-refractivity contribution in [2.45, 2.75) is 31.7 Å². The number of amides is 2. The quantitative estimate of drug-likeness (QED) is 0.0725. The highest BCUT2D eigenvalue weighted by Crippen LogP contribution is 2.51. The number of benzene rings is 4. The summed E-state index contributed by atoms with van der Waals surface area (Å²) in [6.07, 6.45) is 3.40. The maximum absolute atomic E-state index is 14.2. The van der Waals surface area contributed by atoms with Crippen molar-refractivity contribution in [2.75, 3.05) is 23.9 Å². The molecule has 4 aromatic carbocycles. The van der Waals surface area contributed by atoms with E-state index in [0.717, 1.165) is 39.2 Å². The molecular formula is C40H39BN2O6. The van der Waals surface area contributed by atoms with Gasteiger partial charge in [-0.1, -0.05) is 66.7 Å². The third-order valence-electron chi connectivity index (χ3n) is 9.85. The number of rotatable bonds is 10. The molecule has 49 heavy (non-hydrogen) atoms. The Morgan fingerprint density at radius 3 is 2.35 bits per heavy atom. The van der Waals surface area contributed by atoms with E-state index in [4.69, 9.17) is 9.39 Å². The van der Waals surface area contributed by atoms with Crippen LogP contribution in [0.2, 0.25) is 6.32 Å². The van der Waals surface area contributed by atoms with Gasteiger partial charge in [0.1, 0.15) is 5.75 Å². The molecule has 8 nitrogen and oxygen atoms in total. The van der Waals surface area contributed by atoms with Crippen LogP contribution in [0.25, 0.3) is 11.6 Å². The maximum Gasteiger partial charge on any atom is 0.455 e. The van der Waals surface area contributed by atoms with Crippen molar-refractivity contribution in [3.63, 3.8) is 0 Å². The lowest BCUT2D eigenvalue weighted by atomic mass is 9.58. The number of nitrogens with one attached hydrogen (secondary N) is 1. The number of carbonyl (C=O) groups is 2. The van der Waals surface area contributed by atoms with E-state index < -0.39 is 25.1 Å². The van der Waals surface area contributed by atoms with E-state index in [9.17, 15) is 19.7 Å². The molecule has 0 unspecified atom stereocenters. The molecule has 3 N–H and O–H groups in total. The fraction of sp³-hybridized carbons (Fsp3) is 0.250. The molecular weight excluding hydrogens is 615 g/mol. The molecule has 2 aliphatic heterocycles. The fourth-order valence-electron chi connectivity index (χ4n) is 7.76. The lowest BCUT2D eigenvalue weighted by Gasteiger charge is -2.43. The average Bonchev–Trinajstić information content (AvgIpc) is 3.36. The van der Waals surface area contributed by atoms with E-state index >= 15 is 0 Å². The SMILES string of the molecule is COCC1=C2[C@@H](CC/C(=C/c3cccc(O)c3)c3ccccc3)OB(O)C[C@@H]2[C@@H]2C(=O)N(c3ccc(Nc4ccccc4)cc3)C(=O)[C@@H]2C1. The van der Waals surface area contributed by atoms with E-state index in [0.29, 0.717) is 31.6 Å². The number of anilines is 3. The van der Waals surface area contributed by atoms with Crippen molar-refractivity contribution in [3.05, 3.63) is 131 Å². The molecule has 0 aromatic heterocycles. The normalized spacial score (nSPS) is 22.3. The first-order chi connectivity index (χ1) is 23.9. The second kappa shape index (κ2) is 14.3. The van der Waals surface area contributed by atoms with Crippen molar-refractivity contribution < 1.29 is 29.1 Å². The molecule has 0 spiro atoms. The van der Waals surface area contributed by atoms with Crippen molar-refractivity contribution in [1.82, 2.24) is 0 Å². The van der Waals surface area contributed by atoms with Gasteiger partial charge in [0.05, 0.1) is 30.2 Å². The molecule has 248 valence electrons. The summed E-state index contributed by atoms with van der Waals surface area (Å²) in [5, 5.41) is 24.5. The Labute approximate surface area is 286 Å². The summed E-state index contributed by atoms with van der Waals surface area (Å²) in [6, 6.07) is 34.3. The van der Waals surface area contributed by atoms with Gasteiger partial charge < -0.3 is 24.8 Å². The van der Waals surface area contributed by atoms with Crippen LogP contribution in [0.5, 0.6) is 5.75 Å². The number of ether oxygens (including phenoxy) is 1. The first kappa shape index (κ1) is 32.6. The van der Waals surface area contributed by atoms with Gasteiger partial charge in [-0.05, 0) is 108 Å². The van der Waals surface area contributed by atoms with Gasteiger partial charge in [-0.25, -0.2) is 0 Å². The summed E-state index contributed by atoms with van der Waals surface area (Å²) in [6.45, 7) is 0.316. The van der Waals surface area contributed by atoms with Crippen LogP contribution in [0.15, 0.2) is 120 Å². The van der Waals surface area contributed by atoms with Crippen molar-refractivity contribution in [3.8, 4) is 5.75 Å². The van der Waals surface area contributed by atoms with Crippen LogP contribution in [0.3, 0.4) is 0 Å². The zero-order chi connectivity index (χ0) is 33.9. The zero-order valence-electron chi connectivity index (χ0n) is 27.4. The number of carbonyl (C=O) groups excluding carboxylic acids is 2. The number of phenols is 1. The number of hydrogen-bond acceptors (Lipinski definition) is 7. The minimum atomic E-state index is -1.07. The van der Waals surface area contributed by atoms with Gasteiger partial charge in [0.25, 0.3) is 0 Å². The van der Waals surface area contributed by atoms with Crippen LogP contribution >= 0.6 is 0 Å². The second-order valence-electron chi connectivity index (χ2n) is 13.0. The number of fused-ring (bicyclic) bond motifs is 3. The number of nitrogens with zero attached hydrogens (tertiary/aromatic N) is 1. The monoisotopic (exact) mass is 654 g/mol. The van der Waals surface area contributed by atoms with E-state index in [2.05, 4.69) is 23.5 Å². The molecule has 2 amide bonds. The Balaban J connectivity index is 1.16. The summed E-state index contributed by atoms with van der Waals surface area (Å²) in [4.78, 5) is 29.5. The van der Waals surface area contributed by atoms with Crippen molar-refractivity contribution in [2.24, 2.45) is 17.8 Å². The number of imide groups is 1. The Hall–Kier alpha value is -4.96. The van der Waals surface area contributed by atoms with Crippen LogP contribution in [0, 0.1) is 17.8 Å². The summed E-state index contributed by atoms with van der Waals surface area (Å²) in [5.41, 5.74) is 7.24. The Bertz CT molecular complexity index is 1880. The van der Waals surface area contributed by atoms with Crippen molar-refractivity contribution >= 4 is 47.6 Å². The van der Waals surface area contributed by atoms with Crippen LogP contribution < -0.4 is 10.2 Å². The van der Waals surface area contributed by atoms with Gasteiger partial charge in [-0.2, -0.15) is 0 Å². The molecule has 3 aliphatic rings. The van der Waals surface area contributed by atoms with Gasteiger partial charge in [0.2, 0.25) is 11.8 Å². The lowest BCUT2D eigenvalue weighted by molar-refractivity contribution is -0.122. The number of allylic oxidation sites excluding steroid dienone is 1. The topological polar surface area (TPSA) is 108 Å². The predicted octanol–water partition coefficient (Wildman–Crippen LogP) is 7.10. The smallest absolute Gasteiger partial charge is 0.455 e. The zero-order valence-corrected chi connectivity index (χ0v) is 27.4. The van der Waals surface area contributed by atoms with E-state index in [1.54, 1.807) is 31.4 Å². The molecule has 9 heteroatoms. The fourth-order valence-corrected chi connectivity index (χ4v) is 7.76. The van der Waals surface area contributed by atoms with Crippen LogP contribution in [-0.4, -0.2) is 48.9 Å². The van der Waals surface area contributed by atoms with E-state index in [-0.39, 0.29) is 29.8 Å². The third-order valence-corrected chi connectivity index (χ3v) is 9.85. The number of hydrogen-bond donors (Lipinski definition) is 3. The first-order valence-electron chi connectivity index (χ1n) is 16.8. The van der Waals surface area contributed by atoms with Crippen LogP contribution in [-0.2, 0) is 19.0 Å². The first-order valence-corrected chi connectivity index (χ1v) is 16.8. The second-order valence-corrected chi connectivity index (χ2v) is 13.0. The Kier molecular flexibility index (Phi) is 9.48. The van der Waals surface area contributed by atoms with E-state index in [1.807, 2.05) is 72.8 Å². The Morgan fingerprint density at radius 2 is 1.63 bits per heavy atom. The number of para-hydroxylation sites is 1. The number of phenolic OH excluding ortho intramolecular Hbond substituents is 1. The molecule has 0 saturated carbocycles. The predicted molar refractivity (Wildman–Crippen MR) is 192 cm³/mol. The molecule has 4 aromatic rings. The number of aromatic hydroxyl groups is 1. The molecule has 2 heterocycles. The standard InChI is InChI=1S/C40H39BN2O6/c1-48-25-29-23-34-38(40(46)43(39(34)45)32-18-16-31(17-19-32)42-30-12-6-3-7-13-30)35-24-41(47)49-36(37(29)35)20-15-28(27-10-4-2-5-11-27)21-26-9-8-14-33(44)22-26/h2-14,16-19,21-22,34-36,38,42,44,47H,15,20,23-25H2,1H3/b28-21-/t34-,35+,36-,38-/m1/s1. The highest BCUT2D eigenvalue weighted by atomic mass is 16.5. The van der Waals surface area contributed by atoms with Gasteiger partial charge in [-0.15, -0.1) is 0 Å². The van der Waals surface area contributed by atoms with E-state index in [1.165, 1.54) is 4.90 Å². The molecule has 0 radical (unpaired) electrons. The summed E-state index contributed by atoms with van der Waals surface area (Å²) >= 11 is 0. The number of methoxy groups -OCH3 is 1. The lowest BCUT2D eigenvalue weighted by Crippen LogP contribution is -2.46. The summed E-state index contributed by atoms with van der Waals surface area (Å²) in [7, 11) is 0.559. The summed E-state index contributed by atoms with van der Waals surface area (Å²) < 4.78 is 11.9. The van der Waals surface area contributed by atoms with Crippen LogP contribution in [0.4, 0.5) is 17.1 Å². The highest BCUT2D eigenvalue weighted by molar-refractivity contribution is 6.43. The maximum atomic E-state index is 14.2. The van der Waals surface area contributed by atoms with Gasteiger partial charge in [0.15, 0.2) is 0 Å². The minimum Gasteiger partial charge on any atom is -0.508 e. The largest absolute Gasteiger partial charge is 0.508 e. The minimum absolute atomic E-state index is 0.193. The van der Waals surface area contributed by atoms with Gasteiger partial charge in [-0.3, -0.25) is 14.5 Å². The molecule has 7 rings (SSSR count). The molecule has 4 atom stereocenters. The highest BCUT2D eigenvalue weighted by Gasteiger charge is 2.57. The van der Waals surface area contributed by atoms with Gasteiger partial charge >= 0.3 is 7.12 Å². The molecule has 2 saturated heterocycles. The molecule has 2 fully saturated rings.